The topological polar surface area (TPSA) is 93.6 Å². The lowest BCUT2D eigenvalue weighted by atomic mass is 10.2. The highest BCUT2D eigenvalue weighted by atomic mass is 35.5. The van der Waals surface area contributed by atoms with Gasteiger partial charge >= 0.3 is 5.97 Å². The van der Waals surface area contributed by atoms with Crippen LogP contribution in [0.25, 0.3) is 0 Å². The van der Waals surface area contributed by atoms with E-state index in [9.17, 15) is 18.0 Å². The molecule has 1 aromatic rings. The van der Waals surface area contributed by atoms with Gasteiger partial charge in [-0.1, -0.05) is 23.2 Å². The molecule has 0 spiro atoms. The summed E-state index contributed by atoms with van der Waals surface area (Å²) in [5.74, 6) is -1.34. The third-order valence-electron chi connectivity index (χ3n) is 3.64. The second-order valence-corrected chi connectivity index (χ2v) is 8.30. The molecule has 24 heavy (non-hydrogen) atoms. The summed E-state index contributed by atoms with van der Waals surface area (Å²) < 4.78 is 28.0. The van der Waals surface area contributed by atoms with E-state index in [1.807, 2.05) is 0 Å². The number of likely N-dealkylation sites (N-methyl/N-ethyl adjacent to an activating group) is 1. The van der Waals surface area contributed by atoms with E-state index in [1.54, 1.807) is 6.92 Å². The molecular formula is C14H16Cl2N2O5S. The van der Waals surface area contributed by atoms with Crippen LogP contribution >= 0.6 is 23.2 Å². The van der Waals surface area contributed by atoms with Gasteiger partial charge in [0.2, 0.25) is 0 Å². The van der Waals surface area contributed by atoms with Crippen molar-refractivity contribution in [1.29, 1.82) is 0 Å². The number of halogens is 2. The number of ether oxygens (including phenoxy) is 1. The number of nitrogens with zero attached hydrogens (tertiary/aromatic N) is 2. The van der Waals surface area contributed by atoms with E-state index in [0.717, 1.165) is 0 Å². The van der Waals surface area contributed by atoms with Crippen LogP contribution in [0.15, 0.2) is 12.1 Å². The number of rotatable bonds is 5. The molecular weight excluding hydrogens is 379 g/mol. The SMILES string of the molecule is CCN(C(=O)COC(=O)c1nc(Cl)ccc1Cl)[C@@H]1CCS(=O)(=O)C1. The highest BCUT2D eigenvalue weighted by Gasteiger charge is 2.34. The Morgan fingerprint density at radius 3 is 2.67 bits per heavy atom. The molecule has 0 saturated carbocycles. The second kappa shape index (κ2) is 7.67. The van der Waals surface area contributed by atoms with Crippen molar-refractivity contribution in [3.63, 3.8) is 0 Å². The van der Waals surface area contributed by atoms with E-state index in [1.165, 1.54) is 17.0 Å². The van der Waals surface area contributed by atoms with Crippen LogP contribution in [0.3, 0.4) is 0 Å². The molecule has 1 fully saturated rings. The predicted molar refractivity (Wildman–Crippen MR) is 89.0 cm³/mol. The van der Waals surface area contributed by atoms with Crippen LogP contribution in [-0.4, -0.2) is 60.9 Å². The summed E-state index contributed by atoms with van der Waals surface area (Å²) in [7, 11) is -3.11. The molecule has 1 aliphatic heterocycles. The minimum atomic E-state index is -3.11. The second-order valence-electron chi connectivity index (χ2n) is 5.28. The van der Waals surface area contributed by atoms with E-state index in [4.69, 9.17) is 27.9 Å². The summed E-state index contributed by atoms with van der Waals surface area (Å²) in [6.45, 7) is 1.54. The predicted octanol–water partition coefficient (Wildman–Crippen LogP) is 1.58. The minimum absolute atomic E-state index is 0.0588. The third kappa shape index (κ3) is 4.58. The van der Waals surface area contributed by atoms with Crippen LogP contribution in [0, 0.1) is 0 Å². The molecule has 0 aliphatic carbocycles. The maximum atomic E-state index is 12.2. The Morgan fingerprint density at radius 2 is 2.08 bits per heavy atom. The van der Waals surface area contributed by atoms with Crippen LogP contribution in [0.5, 0.6) is 0 Å². The van der Waals surface area contributed by atoms with E-state index < -0.39 is 28.3 Å². The first kappa shape index (κ1) is 19.0. The maximum Gasteiger partial charge on any atom is 0.359 e. The molecule has 10 heteroatoms. The Hall–Kier alpha value is -1.38. The van der Waals surface area contributed by atoms with Crippen molar-refractivity contribution >= 4 is 44.9 Å². The number of hydrogen-bond donors (Lipinski definition) is 0. The Labute approximate surface area is 149 Å². The summed E-state index contributed by atoms with van der Waals surface area (Å²) in [5.41, 5.74) is -0.177. The zero-order chi connectivity index (χ0) is 17.9. The smallest absolute Gasteiger partial charge is 0.359 e. The molecule has 1 aromatic heterocycles. The highest BCUT2D eigenvalue weighted by molar-refractivity contribution is 7.91. The van der Waals surface area contributed by atoms with Crippen molar-refractivity contribution in [2.24, 2.45) is 0 Å². The summed E-state index contributed by atoms with van der Waals surface area (Å²) in [6.07, 6.45) is 0.386. The van der Waals surface area contributed by atoms with Crippen molar-refractivity contribution in [1.82, 2.24) is 9.88 Å². The zero-order valence-corrected chi connectivity index (χ0v) is 15.2. The first-order chi connectivity index (χ1) is 11.2. The molecule has 1 atom stereocenters. The molecule has 2 heterocycles. The molecule has 0 radical (unpaired) electrons. The summed E-state index contributed by atoms with van der Waals surface area (Å²) >= 11 is 11.5. The summed E-state index contributed by atoms with van der Waals surface area (Å²) in [5, 5.41) is 0.134. The Balaban J connectivity index is 1.98. The van der Waals surface area contributed by atoms with Gasteiger partial charge in [0.25, 0.3) is 5.91 Å². The van der Waals surface area contributed by atoms with Crippen LogP contribution in [0.2, 0.25) is 10.2 Å². The molecule has 7 nitrogen and oxygen atoms in total. The van der Waals surface area contributed by atoms with E-state index in [0.29, 0.717) is 13.0 Å². The van der Waals surface area contributed by atoms with Crippen molar-refractivity contribution in [3.8, 4) is 0 Å². The normalized spacial score (nSPS) is 19.0. The van der Waals surface area contributed by atoms with Crippen molar-refractivity contribution in [2.75, 3.05) is 24.7 Å². The first-order valence-corrected chi connectivity index (χ1v) is 9.80. The lowest BCUT2D eigenvalue weighted by Gasteiger charge is -2.26. The molecule has 0 unspecified atom stereocenters. The molecule has 0 aromatic carbocycles. The van der Waals surface area contributed by atoms with Gasteiger partial charge in [-0.25, -0.2) is 18.2 Å². The molecule has 132 valence electrons. The fraction of sp³-hybridized carbons (Fsp3) is 0.500. The molecule has 1 amide bonds. The number of carbonyl (C=O) groups is 2. The van der Waals surface area contributed by atoms with Gasteiger partial charge in [0, 0.05) is 12.6 Å². The largest absolute Gasteiger partial charge is 0.451 e. The quantitative estimate of drug-likeness (QED) is 0.555. The van der Waals surface area contributed by atoms with Gasteiger partial charge in [0.1, 0.15) is 5.15 Å². The van der Waals surface area contributed by atoms with Gasteiger partial charge in [-0.05, 0) is 25.5 Å². The zero-order valence-electron chi connectivity index (χ0n) is 12.9. The number of pyridine rings is 1. The lowest BCUT2D eigenvalue weighted by Crippen LogP contribution is -2.43. The van der Waals surface area contributed by atoms with Gasteiger partial charge in [0.15, 0.2) is 22.1 Å². The van der Waals surface area contributed by atoms with E-state index in [2.05, 4.69) is 4.98 Å². The van der Waals surface area contributed by atoms with Crippen molar-refractivity contribution in [2.45, 2.75) is 19.4 Å². The number of amides is 1. The maximum absolute atomic E-state index is 12.2. The molecule has 0 N–H and O–H groups in total. The standard InChI is InChI=1S/C14H16Cl2N2O5S/c1-2-18(9-5-6-24(21,22)8-9)12(19)7-23-14(20)13-10(15)3-4-11(16)17-13/h3-4,9H,2,5-8H2,1H3/t9-/m1/s1. The summed E-state index contributed by atoms with van der Waals surface area (Å²) in [4.78, 5) is 29.4. The van der Waals surface area contributed by atoms with Crippen LogP contribution in [0.1, 0.15) is 23.8 Å². The monoisotopic (exact) mass is 394 g/mol. The van der Waals surface area contributed by atoms with Gasteiger partial charge in [-0.2, -0.15) is 0 Å². The number of aromatic nitrogens is 1. The Morgan fingerprint density at radius 1 is 1.38 bits per heavy atom. The van der Waals surface area contributed by atoms with Crippen LogP contribution in [-0.2, 0) is 19.4 Å². The Kier molecular flexibility index (Phi) is 6.06. The van der Waals surface area contributed by atoms with Gasteiger partial charge < -0.3 is 9.64 Å². The number of esters is 1. The van der Waals surface area contributed by atoms with Gasteiger partial charge in [-0.15, -0.1) is 0 Å². The van der Waals surface area contributed by atoms with Gasteiger partial charge in [-0.3, -0.25) is 4.79 Å². The molecule has 1 aliphatic rings. The summed E-state index contributed by atoms with van der Waals surface area (Å²) in [6, 6.07) is 2.43. The molecule has 1 saturated heterocycles. The first-order valence-electron chi connectivity index (χ1n) is 7.22. The van der Waals surface area contributed by atoms with E-state index >= 15 is 0 Å². The van der Waals surface area contributed by atoms with Crippen molar-refractivity contribution < 1.29 is 22.7 Å². The average Bonchev–Trinajstić information content (AvgIpc) is 2.87. The molecule has 2 rings (SSSR count). The van der Waals surface area contributed by atoms with Gasteiger partial charge in [0.05, 0.1) is 16.5 Å². The highest BCUT2D eigenvalue weighted by Crippen LogP contribution is 2.19. The van der Waals surface area contributed by atoms with Crippen molar-refractivity contribution in [3.05, 3.63) is 28.0 Å². The average molecular weight is 395 g/mol. The Bertz CT molecular complexity index is 754. The fourth-order valence-electron chi connectivity index (χ4n) is 2.50. The van der Waals surface area contributed by atoms with Crippen LogP contribution < -0.4 is 0 Å². The third-order valence-corrected chi connectivity index (χ3v) is 5.91. The minimum Gasteiger partial charge on any atom is -0.451 e. The van der Waals surface area contributed by atoms with Crippen LogP contribution in [0.4, 0.5) is 0 Å². The van der Waals surface area contributed by atoms with E-state index in [-0.39, 0.29) is 33.4 Å². The fourth-order valence-corrected chi connectivity index (χ4v) is 4.56. The lowest BCUT2D eigenvalue weighted by molar-refractivity contribution is -0.136. The molecule has 0 bridgehead atoms. The number of carbonyl (C=O) groups excluding carboxylic acids is 2. The number of sulfone groups is 1. The number of hydrogen-bond acceptors (Lipinski definition) is 6.